The third-order valence-corrected chi connectivity index (χ3v) is 5.30. The number of benzene rings is 1. The molecule has 1 aliphatic rings. The third kappa shape index (κ3) is 6.25. The SMILES string of the molecule is CCOC(=O)C(C(=O)OCC)N1C(Nc2ccc(CCO)cc2)=C([N+](=O)[O-])C(c2ncccn2)=NC1C. The molecule has 0 saturated carbocycles. The molecule has 0 fully saturated rings. The highest BCUT2D eigenvalue weighted by molar-refractivity contribution is 6.10. The van der Waals surface area contributed by atoms with Gasteiger partial charge in [-0.25, -0.2) is 24.5 Å². The second-order valence-electron chi connectivity index (χ2n) is 7.75. The van der Waals surface area contributed by atoms with Crippen molar-refractivity contribution in [1.29, 1.82) is 0 Å². The van der Waals surface area contributed by atoms with Crippen LogP contribution in [-0.4, -0.2) is 74.6 Å². The van der Waals surface area contributed by atoms with E-state index in [4.69, 9.17) is 9.47 Å². The molecule has 0 bridgehead atoms. The molecular formula is C24H28N6O7. The van der Waals surface area contributed by atoms with Crippen molar-refractivity contribution in [2.75, 3.05) is 25.1 Å². The molecule has 0 aliphatic carbocycles. The fraction of sp³-hybridized carbons (Fsp3) is 0.375. The summed E-state index contributed by atoms with van der Waals surface area (Å²) in [7, 11) is 0. The molecule has 0 amide bonds. The van der Waals surface area contributed by atoms with Gasteiger partial charge < -0.3 is 24.8 Å². The maximum Gasteiger partial charge on any atom is 0.340 e. The van der Waals surface area contributed by atoms with Gasteiger partial charge in [0.05, 0.1) is 18.1 Å². The van der Waals surface area contributed by atoms with Crippen molar-refractivity contribution in [3.05, 3.63) is 75.7 Å². The molecular weight excluding hydrogens is 484 g/mol. The van der Waals surface area contributed by atoms with E-state index in [-0.39, 0.29) is 37.2 Å². The number of allylic oxidation sites excluding steroid dienone is 1. The molecule has 13 nitrogen and oxygen atoms in total. The first-order valence-corrected chi connectivity index (χ1v) is 11.6. The minimum Gasteiger partial charge on any atom is -0.464 e. The van der Waals surface area contributed by atoms with Crippen molar-refractivity contribution in [1.82, 2.24) is 14.9 Å². The van der Waals surface area contributed by atoms with E-state index in [2.05, 4.69) is 20.3 Å². The number of hydrogen-bond acceptors (Lipinski definition) is 12. The van der Waals surface area contributed by atoms with E-state index in [0.717, 1.165) is 5.56 Å². The monoisotopic (exact) mass is 512 g/mol. The molecule has 2 aromatic rings. The molecule has 1 unspecified atom stereocenters. The predicted molar refractivity (Wildman–Crippen MR) is 132 cm³/mol. The first-order valence-electron chi connectivity index (χ1n) is 11.6. The Kier molecular flexibility index (Phi) is 9.21. The van der Waals surface area contributed by atoms with E-state index in [0.29, 0.717) is 12.1 Å². The molecule has 196 valence electrons. The van der Waals surface area contributed by atoms with Crippen LogP contribution in [0.15, 0.2) is 59.2 Å². The summed E-state index contributed by atoms with van der Waals surface area (Å²) in [5, 5.41) is 24.6. The Morgan fingerprint density at radius 3 is 2.24 bits per heavy atom. The number of aliphatic hydroxyl groups is 1. The largest absolute Gasteiger partial charge is 0.464 e. The summed E-state index contributed by atoms with van der Waals surface area (Å²) in [6.45, 7) is 4.64. The first kappa shape index (κ1) is 27.2. The number of rotatable bonds is 11. The molecule has 3 rings (SSSR count). The highest BCUT2D eigenvalue weighted by atomic mass is 16.6. The zero-order valence-corrected chi connectivity index (χ0v) is 20.7. The van der Waals surface area contributed by atoms with Gasteiger partial charge in [0.2, 0.25) is 6.04 Å². The van der Waals surface area contributed by atoms with Crippen molar-refractivity contribution in [3.8, 4) is 0 Å². The van der Waals surface area contributed by atoms with Crippen LogP contribution in [-0.2, 0) is 25.5 Å². The maximum absolute atomic E-state index is 13.0. The van der Waals surface area contributed by atoms with Crippen molar-refractivity contribution in [3.63, 3.8) is 0 Å². The van der Waals surface area contributed by atoms with Crippen LogP contribution in [0.5, 0.6) is 0 Å². The fourth-order valence-corrected chi connectivity index (χ4v) is 3.74. The number of aromatic nitrogens is 2. The number of anilines is 1. The number of ether oxygens (including phenoxy) is 2. The van der Waals surface area contributed by atoms with Crippen LogP contribution >= 0.6 is 0 Å². The second kappa shape index (κ2) is 12.5. The van der Waals surface area contributed by atoms with Gasteiger partial charge in [0.25, 0.3) is 0 Å². The van der Waals surface area contributed by atoms with Crippen molar-refractivity contribution in [2.45, 2.75) is 39.4 Å². The topological polar surface area (TPSA) is 169 Å². The van der Waals surface area contributed by atoms with Gasteiger partial charge in [-0.3, -0.25) is 10.1 Å². The number of nitrogens with zero attached hydrogens (tertiary/aromatic N) is 5. The molecule has 2 heterocycles. The summed E-state index contributed by atoms with van der Waals surface area (Å²) in [6.07, 6.45) is 2.32. The van der Waals surface area contributed by atoms with Gasteiger partial charge in [-0.15, -0.1) is 0 Å². The first-order chi connectivity index (χ1) is 17.8. The number of nitro groups is 1. The summed E-state index contributed by atoms with van der Waals surface area (Å²) in [6, 6.07) is 6.68. The van der Waals surface area contributed by atoms with Crippen LogP contribution in [0.25, 0.3) is 0 Å². The van der Waals surface area contributed by atoms with Gasteiger partial charge in [-0.1, -0.05) is 12.1 Å². The van der Waals surface area contributed by atoms with Crippen molar-refractivity contribution >= 4 is 23.3 Å². The van der Waals surface area contributed by atoms with Gasteiger partial charge in [0.1, 0.15) is 6.17 Å². The number of esters is 2. The molecule has 1 atom stereocenters. The van der Waals surface area contributed by atoms with Crippen LogP contribution in [0.4, 0.5) is 5.69 Å². The standard InChI is InChI=1S/C24H28N6O7/c1-4-36-23(32)20(24(33)37-5-2)29-15(3)27-18(21-25-12-6-13-26-21)19(30(34)35)22(29)28-17-9-7-16(8-10-17)11-14-31/h6-10,12-13,15,20,28,31H,4-5,11,14H2,1-3H3. The minimum atomic E-state index is -1.68. The molecule has 1 aliphatic heterocycles. The number of nitrogens with one attached hydrogen (secondary N) is 1. The lowest BCUT2D eigenvalue weighted by molar-refractivity contribution is -0.417. The quantitative estimate of drug-likeness (QED) is 0.194. The summed E-state index contributed by atoms with van der Waals surface area (Å²) in [5.41, 5.74) is 0.610. The summed E-state index contributed by atoms with van der Waals surface area (Å²) in [5.74, 6) is -2.07. The zero-order chi connectivity index (χ0) is 26.9. The Balaban J connectivity index is 2.22. The van der Waals surface area contributed by atoms with Crippen LogP contribution in [0.1, 0.15) is 32.2 Å². The van der Waals surface area contributed by atoms with Crippen LogP contribution in [0.2, 0.25) is 0 Å². The van der Waals surface area contributed by atoms with Crippen LogP contribution in [0, 0.1) is 10.1 Å². The van der Waals surface area contributed by atoms with Crippen molar-refractivity contribution < 1.29 is 29.1 Å². The van der Waals surface area contributed by atoms with E-state index in [9.17, 15) is 24.8 Å². The number of aliphatic imine (C=N–C) groups is 1. The average molecular weight is 513 g/mol. The number of hydrogen-bond donors (Lipinski definition) is 2. The Hall–Kier alpha value is -4.39. The van der Waals surface area contributed by atoms with E-state index in [1.54, 1.807) is 51.1 Å². The van der Waals surface area contributed by atoms with E-state index < -0.39 is 34.8 Å². The van der Waals surface area contributed by atoms with E-state index in [1.165, 1.54) is 17.3 Å². The number of carbonyl (C=O) groups is 2. The Morgan fingerprint density at radius 1 is 1.14 bits per heavy atom. The average Bonchev–Trinajstić information content (AvgIpc) is 2.87. The summed E-state index contributed by atoms with van der Waals surface area (Å²) >= 11 is 0. The number of carbonyl (C=O) groups excluding carboxylic acids is 2. The van der Waals surface area contributed by atoms with Gasteiger partial charge in [-0.05, 0) is 51.0 Å². The maximum atomic E-state index is 13.0. The Morgan fingerprint density at radius 2 is 1.73 bits per heavy atom. The normalized spacial score (nSPS) is 15.3. The lowest BCUT2D eigenvalue weighted by Gasteiger charge is -2.37. The summed E-state index contributed by atoms with van der Waals surface area (Å²) in [4.78, 5) is 51.5. The Bertz CT molecular complexity index is 1170. The smallest absolute Gasteiger partial charge is 0.340 e. The lowest BCUT2D eigenvalue weighted by Crippen LogP contribution is -2.55. The molecule has 2 N–H and O–H groups in total. The summed E-state index contributed by atoms with van der Waals surface area (Å²) < 4.78 is 10.2. The molecule has 0 radical (unpaired) electrons. The van der Waals surface area contributed by atoms with E-state index in [1.807, 2.05) is 0 Å². The zero-order valence-electron chi connectivity index (χ0n) is 20.7. The molecule has 37 heavy (non-hydrogen) atoms. The minimum absolute atomic E-state index is 0.00196. The highest BCUT2D eigenvalue weighted by Gasteiger charge is 2.47. The molecule has 13 heteroatoms. The van der Waals surface area contributed by atoms with Gasteiger partial charge in [0, 0.05) is 24.7 Å². The highest BCUT2D eigenvalue weighted by Crippen LogP contribution is 2.29. The second-order valence-corrected chi connectivity index (χ2v) is 7.75. The lowest BCUT2D eigenvalue weighted by atomic mass is 10.1. The van der Waals surface area contributed by atoms with Gasteiger partial charge >= 0.3 is 17.6 Å². The van der Waals surface area contributed by atoms with Gasteiger partial charge in [-0.2, -0.15) is 0 Å². The number of aliphatic hydroxyl groups excluding tert-OH is 1. The Labute approximate surface area is 213 Å². The fourth-order valence-electron chi connectivity index (χ4n) is 3.74. The molecule has 0 saturated heterocycles. The molecule has 1 aromatic heterocycles. The molecule has 1 aromatic carbocycles. The third-order valence-electron chi connectivity index (χ3n) is 5.30. The van der Waals surface area contributed by atoms with Crippen molar-refractivity contribution in [2.24, 2.45) is 4.99 Å². The van der Waals surface area contributed by atoms with Gasteiger partial charge in [0.15, 0.2) is 17.4 Å². The van der Waals surface area contributed by atoms with E-state index >= 15 is 0 Å². The molecule has 0 spiro atoms. The predicted octanol–water partition coefficient (Wildman–Crippen LogP) is 1.51. The van der Waals surface area contributed by atoms with Crippen LogP contribution < -0.4 is 5.32 Å². The van der Waals surface area contributed by atoms with Crippen LogP contribution in [0.3, 0.4) is 0 Å².